The number of hydrogen-bond acceptors (Lipinski definition) is 4. The molecule has 100 valence electrons. The van der Waals surface area contributed by atoms with Gasteiger partial charge in [0.1, 0.15) is 5.75 Å². The second-order valence-electron chi connectivity index (χ2n) is 4.91. The molecule has 0 saturated carbocycles. The third kappa shape index (κ3) is 2.12. The normalized spacial score (nSPS) is 14.0. The summed E-state index contributed by atoms with van der Waals surface area (Å²) in [6.45, 7) is 1.84. The van der Waals surface area contributed by atoms with Gasteiger partial charge in [-0.3, -0.25) is 4.98 Å². The minimum atomic E-state index is 0.818. The summed E-state index contributed by atoms with van der Waals surface area (Å²) in [5.74, 6) is 0.904. The number of methoxy groups -OCH3 is 1. The van der Waals surface area contributed by atoms with Crippen molar-refractivity contribution in [2.45, 2.75) is 19.4 Å². The molecule has 0 bridgehead atoms. The van der Waals surface area contributed by atoms with Gasteiger partial charge in [0, 0.05) is 19.3 Å². The predicted octanol–water partition coefficient (Wildman–Crippen LogP) is 2.32. The minimum absolute atomic E-state index is 0.818. The van der Waals surface area contributed by atoms with Gasteiger partial charge < -0.3 is 15.4 Å². The fraction of sp³-hybridized carbons (Fsp3) is 0.400. The van der Waals surface area contributed by atoms with Gasteiger partial charge in [0.15, 0.2) is 0 Å². The summed E-state index contributed by atoms with van der Waals surface area (Å²) < 4.78 is 5.57. The number of nitrogens with zero attached hydrogens (tertiary/aromatic N) is 1. The number of nitrogens with one attached hydrogen (secondary N) is 2. The highest BCUT2D eigenvalue weighted by molar-refractivity contribution is 5.98. The van der Waals surface area contributed by atoms with Crippen LogP contribution in [0.25, 0.3) is 10.9 Å². The third-order valence-corrected chi connectivity index (χ3v) is 3.60. The Morgan fingerprint density at radius 1 is 1.42 bits per heavy atom. The lowest BCUT2D eigenvalue weighted by molar-refractivity contribution is 0.419. The maximum Gasteiger partial charge on any atom is 0.130 e. The van der Waals surface area contributed by atoms with Crippen LogP contribution in [-0.4, -0.2) is 25.7 Å². The van der Waals surface area contributed by atoms with E-state index < -0.39 is 0 Å². The number of anilines is 1. The summed E-state index contributed by atoms with van der Waals surface area (Å²) in [6, 6.07) is 4.22. The van der Waals surface area contributed by atoms with E-state index in [1.165, 1.54) is 23.2 Å². The van der Waals surface area contributed by atoms with E-state index in [1.54, 1.807) is 7.11 Å². The Kier molecular flexibility index (Phi) is 3.25. The van der Waals surface area contributed by atoms with Gasteiger partial charge in [0.05, 0.1) is 23.7 Å². The van der Waals surface area contributed by atoms with Crippen LogP contribution in [0.5, 0.6) is 5.75 Å². The molecule has 0 spiro atoms. The van der Waals surface area contributed by atoms with E-state index in [1.807, 2.05) is 13.2 Å². The molecule has 1 aliphatic heterocycles. The molecule has 1 aromatic carbocycles. The first kappa shape index (κ1) is 12.2. The summed E-state index contributed by atoms with van der Waals surface area (Å²) in [4.78, 5) is 4.60. The second-order valence-corrected chi connectivity index (χ2v) is 4.91. The predicted molar refractivity (Wildman–Crippen MR) is 77.9 cm³/mol. The van der Waals surface area contributed by atoms with Crippen molar-refractivity contribution in [1.82, 2.24) is 10.3 Å². The number of aryl methyl sites for hydroxylation is 1. The van der Waals surface area contributed by atoms with Gasteiger partial charge in [-0.2, -0.15) is 0 Å². The van der Waals surface area contributed by atoms with Crippen molar-refractivity contribution in [2.75, 3.05) is 26.0 Å². The van der Waals surface area contributed by atoms with Crippen LogP contribution in [0, 0.1) is 0 Å². The number of fused-ring (bicyclic) bond motifs is 3. The third-order valence-electron chi connectivity index (χ3n) is 3.60. The van der Waals surface area contributed by atoms with Gasteiger partial charge in [0.2, 0.25) is 0 Å². The Bertz CT molecular complexity index is 610. The summed E-state index contributed by atoms with van der Waals surface area (Å²) >= 11 is 0. The first-order valence-corrected chi connectivity index (χ1v) is 6.70. The summed E-state index contributed by atoms with van der Waals surface area (Å²) in [6.07, 6.45) is 4.25. The fourth-order valence-electron chi connectivity index (χ4n) is 2.73. The van der Waals surface area contributed by atoms with Crippen LogP contribution in [0.1, 0.15) is 17.5 Å². The van der Waals surface area contributed by atoms with Crippen molar-refractivity contribution in [3.8, 4) is 5.75 Å². The topological polar surface area (TPSA) is 46.2 Å². The van der Waals surface area contributed by atoms with E-state index in [0.717, 1.165) is 36.2 Å². The molecule has 0 amide bonds. The minimum Gasteiger partial charge on any atom is -0.496 e. The zero-order valence-electron chi connectivity index (χ0n) is 11.4. The molecule has 19 heavy (non-hydrogen) atoms. The average molecular weight is 257 g/mol. The van der Waals surface area contributed by atoms with E-state index in [-0.39, 0.29) is 0 Å². The van der Waals surface area contributed by atoms with Crippen LogP contribution < -0.4 is 15.4 Å². The lowest BCUT2D eigenvalue weighted by atomic mass is 10.00. The molecule has 0 aliphatic carbocycles. The highest BCUT2D eigenvalue weighted by atomic mass is 16.5. The molecule has 0 atom stereocenters. The number of rotatable bonds is 3. The Hall–Kier alpha value is -1.81. The van der Waals surface area contributed by atoms with E-state index in [4.69, 9.17) is 4.74 Å². The molecule has 0 fully saturated rings. The maximum atomic E-state index is 5.57. The standard InChI is InChI=1S/C15H19N3O/c1-16-8-10-6-12-14(13(7-10)19-2)15-11(9-18-12)4-3-5-17-15/h6-7,9,16-17H,3-5,8H2,1-2H3. The van der Waals surface area contributed by atoms with E-state index >= 15 is 0 Å². The first-order chi connectivity index (χ1) is 9.33. The van der Waals surface area contributed by atoms with Crippen molar-refractivity contribution in [3.05, 3.63) is 29.5 Å². The van der Waals surface area contributed by atoms with Crippen LogP contribution in [0.4, 0.5) is 5.69 Å². The Labute approximate surface area is 113 Å². The summed E-state index contributed by atoms with van der Waals surface area (Å²) in [7, 11) is 3.67. The highest BCUT2D eigenvalue weighted by Crippen LogP contribution is 2.36. The van der Waals surface area contributed by atoms with Crippen LogP contribution in [-0.2, 0) is 13.0 Å². The van der Waals surface area contributed by atoms with Crippen molar-refractivity contribution in [1.29, 1.82) is 0 Å². The monoisotopic (exact) mass is 257 g/mol. The van der Waals surface area contributed by atoms with Gasteiger partial charge in [-0.25, -0.2) is 0 Å². The van der Waals surface area contributed by atoms with Crippen LogP contribution in [0.3, 0.4) is 0 Å². The lowest BCUT2D eigenvalue weighted by Crippen LogP contribution is -2.13. The van der Waals surface area contributed by atoms with Gasteiger partial charge in [-0.15, -0.1) is 0 Å². The quantitative estimate of drug-likeness (QED) is 0.886. The molecule has 0 radical (unpaired) electrons. The van der Waals surface area contributed by atoms with Crippen molar-refractivity contribution < 1.29 is 4.74 Å². The zero-order chi connectivity index (χ0) is 13.2. The molecule has 2 heterocycles. The van der Waals surface area contributed by atoms with Crippen molar-refractivity contribution >= 4 is 16.6 Å². The smallest absolute Gasteiger partial charge is 0.130 e. The average Bonchev–Trinajstić information content (AvgIpc) is 2.46. The Morgan fingerprint density at radius 2 is 2.32 bits per heavy atom. The lowest BCUT2D eigenvalue weighted by Gasteiger charge is -2.21. The first-order valence-electron chi connectivity index (χ1n) is 6.70. The molecule has 0 saturated heterocycles. The van der Waals surface area contributed by atoms with Gasteiger partial charge >= 0.3 is 0 Å². The maximum absolute atomic E-state index is 5.57. The van der Waals surface area contributed by atoms with Crippen molar-refractivity contribution in [3.63, 3.8) is 0 Å². The molecule has 0 unspecified atom stereocenters. The largest absolute Gasteiger partial charge is 0.496 e. The molecule has 4 heteroatoms. The number of hydrogen-bond donors (Lipinski definition) is 2. The molecular formula is C15H19N3O. The van der Waals surface area contributed by atoms with Gasteiger partial charge in [0.25, 0.3) is 0 Å². The van der Waals surface area contributed by atoms with E-state index in [2.05, 4.69) is 27.8 Å². The molecule has 3 rings (SSSR count). The SMILES string of the molecule is CNCc1cc(OC)c2c3c(cnc2c1)CCCN3. The summed E-state index contributed by atoms with van der Waals surface area (Å²) in [5.41, 5.74) is 4.68. The number of pyridine rings is 1. The Morgan fingerprint density at radius 3 is 3.11 bits per heavy atom. The van der Waals surface area contributed by atoms with Gasteiger partial charge in [-0.1, -0.05) is 0 Å². The molecular weight excluding hydrogens is 238 g/mol. The fourth-order valence-corrected chi connectivity index (χ4v) is 2.73. The molecule has 2 aromatic rings. The number of ether oxygens (including phenoxy) is 1. The molecule has 4 nitrogen and oxygen atoms in total. The van der Waals surface area contributed by atoms with Crippen LogP contribution >= 0.6 is 0 Å². The Balaban J connectivity index is 2.24. The highest BCUT2D eigenvalue weighted by Gasteiger charge is 2.16. The molecule has 1 aromatic heterocycles. The number of benzene rings is 1. The van der Waals surface area contributed by atoms with Crippen LogP contribution in [0.2, 0.25) is 0 Å². The zero-order valence-corrected chi connectivity index (χ0v) is 11.4. The van der Waals surface area contributed by atoms with Crippen molar-refractivity contribution in [2.24, 2.45) is 0 Å². The van der Waals surface area contributed by atoms with Gasteiger partial charge in [-0.05, 0) is 43.1 Å². The van der Waals surface area contributed by atoms with Crippen LogP contribution in [0.15, 0.2) is 18.3 Å². The van der Waals surface area contributed by atoms with E-state index in [0.29, 0.717) is 0 Å². The van der Waals surface area contributed by atoms with E-state index in [9.17, 15) is 0 Å². The molecule has 1 aliphatic rings. The summed E-state index contributed by atoms with van der Waals surface area (Å²) in [5, 5.41) is 7.77. The second kappa shape index (κ2) is 5.05. The number of aromatic nitrogens is 1. The molecule has 2 N–H and O–H groups in total.